The molecule has 0 saturated carbocycles. The highest BCUT2D eigenvalue weighted by atomic mass is 14.9. The molecule has 0 amide bonds. The molecule has 1 aromatic heterocycles. The Hall–Kier alpha value is -1.28. The van der Waals surface area contributed by atoms with Crippen molar-refractivity contribution >= 4 is 10.9 Å². The number of benzene rings is 1. The number of aromatic amines is 1. The first-order valence-electron chi connectivity index (χ1n) is 6.45. The molecule has 0 aliphatic rings. The molecule has 0 radical (unpaired) electrons. The van der Waals surface area contributed by atoms with Gasteiger partial charge in [0.05, 0.1) is 0 Å². The lowest BCUT2D eigenvalue weighted by Gasteiger charge is -2.05. The zero-order valence-electron chi connectivity index (χ0n) is 11.2. The van der Waals surface area contributed by atoms with E-state index in [2.05, 4.69) is 49.3 Å². The average Bonchev–Trinajstić information content (AvgIpc) is 2.65. The van der Waals surface area contributed by atoms with E-state index < -0.39 is 0 Å². The van der Waals surface area contributed by atoms with Gasteiger partial charge in [-0.1, -0.05) is 26.8 Å². The summed E-state index contributed by atoms with van der Waals surface area (Å²) in [6.07, 6.45) is 1.08. The van der Waals surface area contributed by atoms with Crippen LogP contribution in [0, 0.1) is 0 Å². The third kappa shape index (κ3) is 2.22. The number of H-pyrrole nitrogens is 1. The van der Waals surface area contributed by atoms with Crippen molar-refractivity contribution in [3.05, 3.63) is 35.0 Å². The van der Waals surface area contributed by atoms with Crippen molar-refractivity contribution < 1.29 is 0 Å². The zero-order valence-corrected chi connectivity index (χ0v) is 11.2. The molecule has 0 bridgehead atoms. The number of aromatic nitrogens is 1. The molecule has 2 N–H and O–H groups in total. The number of rotatable bonds is 4. The van der Waals surface area contributed by atoms with Crippen molar-refractivity contribution in [2.24, 2.45) is 0 Å². The van der Waals surface area contributed by atoms with Crippen molar-refractivity contribution in [3.63, 3.8) is 0 Å². The topological polar surface area (TPSA) is 27.8 Å². The highest BCUT2D eigenvalue weighted by Crippen LogP contribution is 2.27. The van der Waals surface area contributed by atoms with Gasteiger partial charge in [0.1, 0.15) is 0 Å². The van der Waals surface area contributed by atoms with Crippen LogP contribution in [0.4, 0.5) is 0 Å². The monoisotopic (exact) mass is 230 g/mol. The molecule has 0 fully saturated rings. The lowest BCUT2D eigenvalue weighted by Crippen LogP contribution is -2.07. The van der Waals surface area contributed by atoms with Crippen LogP contribution >= 0.6 is 0 Å². The molecule has 92 valence electrons. The number of fused-ring (bicyclic) bond motifs is 1. The summed E-state index contributed by atoms with van der Waals surface area (Å²) in [5.74, 6) is 0.590. The van der Waals surface area contributed by atoms with Crippen LogP contribution in [-0.4, -0.2) is 12.0 Å². The average molecular weight is 230 g/mol. The van der Waals surface area contributed by atoms with Gasteiger partial charge in [0.15, 0.2) is 0 Å². The Morgan fingerprint density at radius 2 is 2.06 bits per heavy atom. The molecule has 1 heterocycles. The normalized spacial score (nSPS) is 11.6. The highest BCUT2D eigenvalue weighted by molar-refractivity contribution is 5.85. The van der Waals surface area contributed by atoms with E-state index in [0.717, 1.165) is 13.0 Å². The number of aryl methyl sites for hydroxylation is 1. The fourth-order valence-electron chi connectivity index (χ4n) is 2.41. The number of hydrogen-bond acceptors (Lipinski definition) is 1. The van der Waals surface area contributed by atoms with E-state index >= 15 is 0 Å². The minimum Gasteiger partial charge on any atom is -0.357 e. The number of hydrogen-bond donors (Lipinski definition) is 2. The summed E-state index contributed by atoms with van der Waals surface area (Å²) in [6.45, 7) is 7.63. The Labute approximate surface area is 103 Å². The van der Waals surface area contributed by atoms with Gasteiger partial charge in [-0.15, -0.1) is 0 Å². The van der Waals surface area contributed by atoms with Gasteiger partial charge in [0, 0.05) is 23.1 Å². The zero-order chi connectivity index (χ0) is 12.4. The molecule has 2 heteroatoms. The Kier molecular flexibility index (Phi) is 3.53. The quantitative estimate of drug-likeness (QED) is 0.825. The van der Waals surface area contributed by atoms with E-state index in [1.165, 1.54) is 27.7 Å². The molecule has 0 aliphatic carbocycles. The van der Waals surface area contributed by atoms with E-state index in [9.17, 15) is 0 Å². The van der Waals surface area contributed by atoms with E-state index in [0.29, 0.717) is 5.92 Å². The van der Waals surface area contributed by atoms with Crippen LogP contribution in [0.15, 0.2) is 18.2 Å². The second-order valence-electron chi connectivity index (χ2n) is 4.93. The Bertz CT molecular complexity index is 509. The maximum atomic E-state index is 3.52. The molecular weight excluding hydrogens is 208 g/mol. The lowest BCUT2D eigenvalue weighted by atomic mass is 9.99. The molecule has 0 unspecified atom stereocenters. The van der Waals surface area contributed by atoms with Crippen LogP contribution in [0.2, 0.25) is 0 Å². The Balaban J connectivity index is 2.58. The Morgan fingerprint density at radius 3 is 2.65 bits per heavy atom. The summed E-state index contributed by atoms with van der Waals surface area (Å²) in [5.41, 5.74) is 5.46. The van der Waals surface area contributed by atoms with Gasteiger partial charge in [-0.3, -0.25) is 0 Å². The molecule has 0 atom stereocenters. The molecule has 0 saturated heterocycles. The summed E-state index contributed by atoms with van der Waals surface area (Å²) in [4.78, 5) is 3.52. The van der Waals surface area contributed by atoms with Gasteiger partial charge in [-0.25, -0.2) is 0 Å². The summed E-state index contributed by atoms with van der Waals surface area (Å²) in [7, 11) is 1.99. The largest absolute Gasteiger partial charge is 0.357 e. The molecule has 0 aliphatic heterocycles. The molecule has 0 spiro atoms. The van der Waals surface area contributed by atoms with Gasteiger partial charge in [-0.05, 0) is 42.6 Å². The Morgan fingerprint density at radius 1 is 1.29 bits per heavy atom. The second kappa shape index (κ2) is 4.92. The first-order valence-corrected chi connectivity index (χ1v) is 6.45. The van der Waals surface area contributed by atoms with E-state index in [4.69, 9.17) is 0 Å². The minimum atomic E-state index is 0.590. The highest BCUT2D eigenvalue weighted by Gasteiger charge is 2.10. The lowest BCUT2D eigenvalue weighted by molar-refractivity contribution is 0.788. The summed E-state index contributed by atoms with van der Waals surface area (Å²) < 4.78 is 0. The third-order valence-corrected chi connectivity index (χ3v) is 3.39. The van der Waals surface area contributed by atoms with Gasteiger partial charge >= 0.3 is 0 Å². The summed E-state index contributed by atoms with van der Waals surface area (Å²) in [6, 6.07) is 6.78. The third-order valence-electron chi connectivity index (χ3n) is 3.39. The van der Waals surface area contributed by atoms with Crippen molar-refractivity contribution in [1.82, 2.24) is 10.3 Å². The van der Waals surface area contributed by atoms with Crippen molar-refractivity contribution in [3.8, 4) is 0 Å². The minimum absolute atomic E-state index is 0.590. The smallest absolute Gasteiger partial charge is 0.0459 e. The van der Waals surface area contributed by atoms with Gasteiger partial charge in [0.2, 0.25) is 0 Å². The van der Waals surface area contributed by atoms with E-state index in [-0.39, 0.29) is 0 Å². The van der Waals surface area contributed by atoms with Gasteiger partial charge in [0.25, 0.3) is 0 Å². The fraction of sp³-hybridized carbons (Fsp3) is 0.467. The predicted molar refractivity (Wildman–Crippen MR) is 74.5 cm³/mol. The summed E-state index contributed by atoms with van der Waals surface area (Å²) >= 11 is 0. The SMILES string of the molecule is CCc1c(CNC)[nH]c2ccc(C(C)C)cc12. The van der Waals surface area contributed by atoms with Gasteiger partial charge in [-0.2, -0.15) is 0 Å². The van der Waals surface area contributed by atoms with Crippen LogP contribution in [0.1, 0.15) is 43.5 Å². The molecule has 2 nitrogen and oxygen atoms in total. The van der Waals surface area contributed by atoms with E-state index in [1.807, 2.05) is 7.05 Å². The maximum Gasteiger partial charge on any atom is 0.0459 e. The first kappa shape index (κ1) is 12.2. The van der Waals surface area contributed by atoms with Crippen molar-refractivity contribution in [2.75, 3.05) is 7.05 Å². The van der Waals surface area contributed by atoms with Crippen LogP contribution in [0.3, 0.4) is 0 Å². The van der Waals surface area contributed by atoms with E-state index in [1.54, 1.807) is 0 Å². The molecular formula is C15H22N2. The van der Waals surface area contributed by atoms with Crippen LogP contribution in [0.25, 0.3) is 10.9 Å². The predicted octanol–water partition coefficient (Wildman–Crippen LogP) is 3.57. The van der Waals surface area contributed by atoms with Gasteiger partial charge < -0.3 is 10.3 Å². The second-order valence-corrected chi connectivity index (χ2v) is 4.93. The summed E-state index contributed by atoms with van der Waals surface area (Å²) in [5, 5.41) is 4.62. The van der Waals surface area contributed by atoms with Crippen molar-refractivity contribution in [1.29, 1.82) is 0 Å². The van der Waals surface area contributed by atoms with Crippen LogP contribution in [-0.2, 0) is 13.0 Å². The molecule has 1 aromatic carbocycles. The fourth-order valence-corrected chi connectivity index (χ4v) is 2.41. The maximum absolute atomic E-state index is 3.52. The van der Waals surface area contributed by atoms with Crippen LogP contribution < -0.4 is 5.32 Å². The number of nitrogens with one attached hydrogen (secondary N) is 2. The molecule has 17 heavy (non-hydrogen) atoms. The van der Waals surface area contributed by atoms with Crippen LogP contribution in [0.5, 0.6) is 0 Å². The molecule has 2 aromatic rings. The first-order chi connectivity index (χ1) is 8.17. The molecule has 2 rings (SSSR count). The van der Waals surface area contributed by atoms with Crippen molar-refractivity contribution in [2.45, 2.75) is 39.7 Å². The standard InChI is InChI=1S/C15H22N2/c1-5-12-13-8-11(10(2)3)6-7-14(13)17-15(12)9-16-4/h6-8,10,16-17H,5,9H2,1-4H3.